The molecule has 1 heterocycles. The van der Waals surface area contributed by atoms with Crippen molar-refractivity contribution in [2.45, 2.75) is 31.0 Å². The number of rotatable bonds is 2. The highest BCUT2D eigenvalue weighted by atomic mass is 16.3. The van der Waals surface area contributed by atoms with Crippen molar-refractivity contribution in [1.29, 1.82) is 0 Å². The monoisotopic (exact) mass is 253 g/mol. The first-order valence-corrected chi connectivity index (χ1v) is 6.87. The van der Waals surface area contributed by atoms with Gasteiger partial charge in [-0.3, -0.25) is 0 Å². The van der Waals surface area contributed by atoms with E-state index in [2.05, 4.69) is 53.8 Å². The summed E-state index contributed by atoms with van der Waals surface area (Å²) < 4.78 is 0. The Morgan fingerprint density at radius 2 is 1.16 bits per heavy atom. The zero-order chi connectivity index (χ0) is 13.1. The molecule has 1 fully saturated rings. The van der Waals surface area contributed by atoms with Crippen LogP contribution in [0.25, 0.3) is 0 Å². The molecule has 0 bridgehead atoms. The highest BCUT2D eigenvalue weighted by Gasteiger charge is 2.28. The number of hydrogen-bond donors (Lipinski definition) is 2. The summed E-state index contributed by atoms with van der Waals surface area (Å²) in [4.78, 5) is 0. The van der Waals surface area contributed by atoms with Gasteiger partial charge in [0.1, 0.15) is 0 Å². The van der Waals surface area contributed by atoms with Gasteiger partial charge in [-0.15, -0.1) is 0 Å². The van der Waals surface area contributed by atoms with E-state index in [1.54, 1.807) is 0 Å². The zero-order valence-electron chi connectivity index (χ0n) is 10.9. The summed E-state index contributed by atoms with van der Waals surface area (Å²) >= 11 is 0. The Morgan fingerprint density at radius 3 is 1.58 bits per heavy atom. The minimum atomic E-state index is -0.239. The topological polar surface area (TPSA) is 32.3 Å². The summed E-state index contributed by atoms with van der Waals surface area (Å²) in [6, 6.07) is 21.2. The molecule has 3 atom stereocenters. The molecule has 0 spiro atoms. The Morgan fingerprint density at radius 1 is 0.737 bits per heavy atom. The molecule has 0 amide bonds. The van der Waals surface area contributed by atoms with Gasteiger partial charge in [0.25, 0.3) is 0 Å². The molecule has 2 nitrogen and oxygen atoms in total. The Hall–Kier alpha value is -1.64. The number of aliphatic hydroxyl groups excluding tert-OH is 1. The second kappa shape index (κ2) is 5.55. The van der Waals surface area contributed by atoms with Crippen molar-refractivity contribution in [2.24, 2.45) is 0 Å². The predicted octanol–water partition coefficient (Wildman–Crippen LogP) is 3.21. The van der Waals surface area contributed by atoms with Crippen LogP contribution in [0.2, 0.25) is 0 Å². The molecule has 2 aromatic carbocycles. The molecule has 98 valence electrons. The summed E-state index contributed by atoms with van der Waals surface area (Å²) in [5, 5.41) is 13.8. The molecule has 0 aliphatic carbocycles. The highest BCUT2D eigenvalue weighted by Crippen LogP contribution is 2.32. The van der Waals surface area contributed by atoms with Crippen LogP contribution < -0.4 is 5.32 Å². The molecule has 0 saturated carbocycles. The van der Waals surface area contributed by atoms with Gasteiger partial charge in [0, 0.05) is 12.1 Å². The van der Waals surface area contributed by atoms with Crippen molar-refractivity contribution >= 4 is 0 Å². The minimum Gasteiger partial charge on any atom is -0.393 e. The summed E-state index contributed by atoms with van der Waals surface area (Å²) in [6.07, 6.45) is 1.33. The molecular formula is C17H19NO. The summed E-state index contributed by atoms with van der Waals surface area (Å²) in [5.74, 6) is 0. The third-order valence-corrected chi connectivity index (χ3v) is 3.82. The Kier molecular flexibility index (Phi) is 3.62. The third kappa shape index (κ3) is 2.86. The van der Waals surface area contributed by atoms with Crippen LogP contribution in [0.3, 0.4) is 0 Å². The zero-order valence-corrected chi connectivity index (χ0v) is 10.9. The van der Waals surface area contributed by atoms with Crippen molar-refractivity contribution in [3.8, 4) is 0 Å². The molecular weight excluding hydrogens is 234 g/mol. The quantitative estimate of drug-likeness (QED) is 0.861. The standard InChI is InChI=1S/C17H19NO/c19-15-11-16(13-7-3-1-4-8-13)18-17(12-15)14-9-5-2-6-10-14/h1-10,15-19H,11-12H2/t15?,16-,17+. The average Bonchev–Trinajstić information content (AvgIpc) is 2.48. The normalized spacial score (nSPS) is 27.1. The van der Waals surface area contributed by atoms with Crippen LogP contribution in [-0.4, -0.2) is 11.2 Å². The van der Waals surface area contributed by atoms with Gasteiger partial charge in [0.2, 0.25) is 0 Å². The molecule has 1 unspecified atom stereocenters. The van der Waals surface area contributed by atoms with Crippen molar-refractivity contribution in [3.63, 3.8) is 0 Å². The molecule has 2 aromatic rings. The number of benzene rings is 2. The first-order chi connectivity index (χ1) is 9.33. The highest BCUT2D eigenvalue weighted by molar-refractivity contribution is 5.24. The predicted molar refractivity (Wildman–Crippen MR) is 76.7 cm³/mol. The Bertz CT molecular complexity index is 464. The van der Waals surface area contributed by atoms with E-state index in [1.807, 2.05) is 12.1 Å². The van der Waals surface area contributed by atoms with Crippen LogP contribution in [0.15, 0.2) is 60.7 Å². The summed E-state index contributed by atoms with van der Waals surface area (Å²) in [6.45, 7) is 0. The van der Waals surface area contributed by atoms with Crippen molar-refractivity contribution < 1.29 is 5.11 Å². The molecule has 2 N–H and O–H groups in total. The molecule has 0 aromatic heterocycles. The van der Waals surface area contributed by atoms with Crippen LogP contribution in [0.5, 0.6) is 0 Å². The van der Waals surface area contributed by atoms with Crippen LogP contribution in [0.1, 0.15) is 36.1 Å². The van der Waals surface area contributed by atoms with E-state index in [0.717, 1.165) is 12.8 Å². The molecule has 2 heteroatoms. The van der Waals surface area contributed by atoms with E-state index >= 15 is 0 Å². The van der Waals surface area contributed by atoms with Gasteiger partial charge < -0.3 is 10.4 Å². The summed E-state index contributed by atoms with van der Waals surface area (Å²) in [7, 11) is 0. The van der Waals surface area contributed by atoms with Gasteiger partial charge in [0.05, 0.1) is 6.10 Å². The van der Waals surface area contributed by atoms with E-state index < -0.39 is 0 Å². The van der Waals surface area contributed by atoms with Crippen LogP contribution in [0.4, 0.5) is 0 Å². The minimum absolute atomic E-state index is 0.232. The lowest BCUT2D eigenvalue weighted by molar-refractivity contribution is 0.0933. The van der Waals surface area contributed by atoms with E-state index in [4.69, 9.17) is 0 Å². The van der Waals surface area contributed by atoms with E-state index in [1.165, 1.54) is 11.1 Å². The summed E-state index contributed by atoms with van der Waals surface area (Å²) in [5.41, 5.74) is 2.50. The first kappa shape index (κ1) is 12.4. The fraction of sp³-hybridized carbons (Fsp3) is 0.294. The number of nitrogens with one attached hydrogen (secondary N) is 1. The van der Waals surface area contributed by atoms with E-state index in [-0.39, 0.29) is 18.2 Å². The lowest BCUT2D eigenvalue weighted by Gasteiger charge is -2.34. The van der Waals surface area contributed by atoms with Crippen LogP contribution in [0, 0.1) is 0 Å². The second-order valence-electron chi connectivity index (χ2n) is 5.22. The van der Waals surface area contributed by atoms with Gasteiger partial charge in [-0.1, -0.05) is 60.7 Å². The smallest absolute Gasteiger partial charge is 0.0576 e. The van der Waals surface area contributed by atoms with Gasteiger partial charge >= 0.3 is 0 Å². The largest absolute Gasteiger partial charge is 0.393 e. The lowest BCUT2D eigenvalue weighted by atomic mass is 9.88. The van der Waals surface area contributed by atoms with Crippen molar-refractivity contribution in [1.82, 2.24) is 5.32 Å². The van der Waals surface area contributed by atoms with E-state index in [9.17, 15) is 5.11 Å². The van der Waals surface area contributed by atoms with Crippen molar-refractivity contribution in [3.05, 3.63) is 71.8 Å². The lowest BCUT2D eigenvalue weighted by Crippen LogP contribution is -2.37. The van der Waals surface area contributed by atoms with Gasteiger partial charge in [0.15, 0.2) is 0 Å². The van der Waals surface area contributed by atoms with Gasteiger partial charge in [-0.2, -0.15) is 0 Å². The Balaban J connectivity index is 1.82. The molecule has 1 aliphatic rings. The Labute approximate surface area is 114 Å². The second-order valence-corrected chi connectivity index (χ2v) is 5.22. The molecule has 1 saturated heterocycles. The maximum absolute atomic E-state index is 10.1. The van der Waals surface area contributed by atoms with Crippen LogP contribution in [-0.2, 0) is 0 Å². The maximum atomic E-state index is 10.1. The van der Waals surface area contributed by atoms with E-state index in [0.29, 0.717) is 0 Å². The molecule has 0 radical (unpaired) electrons. The number of piperidine rings is 1. The molecule has 19 heavy (non-hydrogen) atoms. The van der Waals surface area contributed by atoms with Gasteiger partial charge in [-0.05, 0) is 24.0 Å². The number of hydrogen-bond acceptors (Lipinski definition) is 2. The fourth-order valence-electron chi connectivity index (χ4n) is 2.85. The third-order valence-electron chi connectivity index (χ3n) is 3.82. The van der Waals surface area contributed by atoms with Crippen molar-refractivity contribution in [2.75, 3.05) is 0 Å². The first-order valence-electron chi connectivity index (χ1n) is 6.87. The molecule has 3 rings (SSSR count). The SMILES string of the molecule is OC1C[C@@H](c2ccccc2)N[C@@H](c2ccccc2)C1. The fourth-order valence-corrected chi connectivity index (χ4v) is 2.85. The molecule has 1 aliphatic heterocycles. The van der Waals surface area contributed by atoms with Crippen LogP contribution >= 0.6 is 0 Å². The number of aliphatic hydroxyl groups is 1. The van der Waals surface area contributed by atoms with Gasteiger partial charge in [-0.25, -0.2) is 0 Å². The average molecular weight is 253 g/mol. The maximum Gasteiger partial charge on any atom is 0.0576 e.